The number of fused-ring (bicyclic) bond motifs is 12. The zero-order valence-corrected chi connectivity index (χ0v) is 34.6. The zero-order chi connectivity index (χ0) is 42.2. The SMILES string of the molecule is c1ccc(-c2cc(-c3cccc(-c4cccc(-c5nc6ccccc6c6cc7c(cc56)Oc5ccccc5C75c6ccccc6-c6ccccc65)c4)c3)nc(-c3ccccc3)n2)cc1. The molecule has 2 aromatic heterocycles. The Morgan fingerprint density at radius 1 is 0.312 bits per heavy atom. The van der Waals surface area contributed by atoms with Gasteiger partial charge in [0.2, 0.25) is 0 Å². The molecule has 1 aliphatic carbocycles. The summed E-state index contributed by atoms with van der Waals surface area (Å²) in [4.78, 5) is 15.6. The quantitative estimate of drug-likeness (QED) is 0.162. The van der Waals surface area contributed by atoms with Gasteiger partial charge in [0.05, 0.1) is 28.0 Å². The highest BCUT2D eigenvalue weighted by atomic mass is 16.5. The molecule has 3 heterocycles. The van der Waals surface area contributed by atoms with Gasteiger partial charge in [0.15, 0.2) is 5.82 Å². The van der Waals surface area contributed by atoms with E-state index in [4.69, 9.17) is 19.7 Å². The molecule has 0 N–H and O–H groups in total. The Morgan fingerprint density at radius 3 is 1.59 bits per heavy atom. The van der Waals surface area contributed by atoms with E-state index in [0.29, 0.717) is 5.82 Å². The maximum absolute atomic E-state index is 6.99. The molecule has 64 heavy (non-hydrogen) atoms. The van der Waals surface area contributed by atoms with Gasteiger partial charge in [-0.05, 0) is 81.2 Å². The van der Waals surface area contributed by atoms with Crippen molar-refractivity contribution in [3.05, 3.63) is 247 Å². The van der Waals surface area contributed by atoms with Crippen molar-refractivity contribution in [2.75, 3.05) is 0 Å². The monoisotopic (exact) mass is 815 g/mol. The van der Waals surface area contributed by atoms with Crippen molar-refractivity contribution < 1.29 is 4.74 Å². The van der Waals surface area contributed by atoms with Crippen molar-refractivity contribution in [1.29, 1.82) is 0 Å². The van der Waals surface area contributed by atoms with Gasteiger partial charge >= 0.3 is 0 Å². The molecule has 0 unspecified atom stereocenters. The molecule has 4 nitrogen and oxygen atoms in total. The van der Waals surface area contributed by atoms with Crippen LogP contribution in [0.2, 0.25) is 0 Å². The maximum Gasteiger partial charge on any atom is 0.160 e. The molecule has 1 spiro atoms. The second-order valence-corrected chi connectivity index (χ2v) is 16.7. The second kappa shape index (κ2) is 14.3. The highest BCUT2D eigenvalue weighted by molar-refractivity contribution is 6.12. The third-order valence-electron chi connectivity index (χ3n) is 13.1. The van der Waals surface area contributed by atoms with Crippen LogP contribution in [0.1, 0.15) is 22.3 Å². The first kappa shape index (κ1) is 36.2. The van der Waals surface area contributed by atoms with Crippen LogP contribution in [-0.2, 0) is 5.41 Å². The van der Waals surface area contributed by atoms with E-state index >= 15 is 0 Å². The Kier molecular flexibility index (Phi) is 8.09. The Balaban J connectivity index is 0.982. The molecule has 0 saturated carbocycles. The van der Waals surface area contributed by atoms with Crippen molar-refractivity contribution in [3.63, 3.8) is 0 Å². The smallest absolute Gasteiger partial charge is 0.160 e. The van der Waals surface area contributed by atoms with Crippen LogP contribution in [0.3, 0.4) is 0 Å². The van der Waals surface area contributed by atoms with Crippen molar-refractivity contribution in [2.24, 2.45) is 0 Å². The fourth-order valence-corrected chi connectivity index (χ4v) is 10.3. The van der Waals surface area contributed by atoms with Gasteiger partial charge in [0.25, 0.3) is 0 Å². The number of hydrogen-bond acceptors (Lipinski definition) is 4. The molecule has 0 radical (unpaired) electrons. The molecule has 2 aliphatic rings. The zero-order valence-electron chi connectivity index (χ0n) is 34.6. The summed E-state index contributed by atoms with van der Waals surface area (Å²) in [6, 6.07) is 79.5. The number of nitrogens with zero attached hydrogens (tertiary/aromatic N) is 3. The summed E-state index contributed by atoms with van der Waals surface area (Å²) < 4.78 is 6.99. The number of aromatic nitrogens is 3. The van der Waals surface area contributed by atoms with Crippen molar-refractivity contribution in [1.82, 2.24) is 15.0 Å². The molecule has 298 valence electrons. The number of para-hydroxylation sites is 2. The maximum atomic E-state index is 6.99. The molecule has 11 aromatic rings. The Labute approximate surface area is 370 Å². The Hall–Kier alpha value is -8.47. The van der Waals surface area contributed by atoms with E-state index in [-0.39, 0.29) is 0 Å². The Morgan fingerprint density at radius 2 is 0.859 bits per heavy atom. The number of pyridine rings is 1. The number of hydrogen-bond donors (Lipinski definition) is 0. The van der Waals surface area contributed by atoms with Gasteiger partial charge < -0.3 is 4.74 Å². The van der Waals surface area contributed by atoms with Crippen molar-refractivity contribution >= 4 is 21.7 Å². The van der Waals surface area contributed by atoms with E-state index in [2.05, 4.69) is 188 Å². The van der Waals surface area contributed by atoms with E-state index in [1.54, 1.807) is 0 Å². The lowest BCUT2D eigenvalue weighted by atomic mass is 9.65. The highest BCUT2D eigenvalue weighted by Gasteiger charge is 2.51. The summed E-state index contributed by atoms with van der Waals surface area (Å²) in [5.74, 6) is 2.41. The third kappa shape index (κ3) is 5.52. The summed E-state index contributed by atoms with van der Waals surface area (Å²) in [5, 5.41) is 3.29. The fraction of sp³-hybridized carbons (Fsp3) is 0.0167. The number of benzene rings is 9. The van der Waals surface area contributed by atoms with Gasteiger partial charge in [-0.3, -0.25) is 0 Å². The van der Waals surface area contributed by atoms with Crippen LogP contribution in [0.4, 0.5) is 0 Å². The van der Waals surface area contributed by atoms with Gasteiger partial charge in [0, 0.05) is 44.2 Å². The minimum Gasteiger partial charge on any atom is -0.457 e. The predicted octanol–water partition coefficient (Wildman–Crippen LogP) is 15.0. The number of rotatable bonds is 5. The molecule has 0 bridgehead atoms. The molecular weight excluding hydrogens is 779 g/mol. The topological polar surface area (TPSA) is 47.9 Å². The first-order valence-corrected chi connectivity index (χ1v) is 21.8. The third-order valence-corrected chi connectivity index (χ3v) is 13.1. The molecule has 4 heteroatoms. The summed E-state index contributed by atoms with van der Waals surface area (Å²) in [5.41, 5.74) is 16.6. The average Bonchev–Trinajstić information content (AvgIpc) is 3.66. The first-order chi connectivity index (χ1) is 31.7. The van der Waals surface area contributed by atoms with Crippen LogP contribution >= 0.6 is 0 Å². The summed E-state index contributed by atoms with van der Waals surface area (Å²) in [6.45, 7) is 0. The minimum atomic E-state index is -0.561. The van der Waals surface area contributed by atoms with E-state index < -0.39 is 5.41 Å². The Bertz CT molecular complexity index is 3550. The van der Waals surface area contributed by atoms with Crippen LogP contribution in [0, 0.1) is 0 Å². The molecule has 0 fully saturated rings. The lowest BCUT2D eigenvalue weighted by Crippen LogP contribution is -2.32. The van der Waals surface area contributed by atoms with Gasteiger partial charge in [0.1, 0.15) is 11.5 Å². The van der Waals surface area contributed by atoms with E-state index in [0.717, 1.165) is 94.8 Å². The van der Waals surface area contributed by atoms with Crippen LogP contribution in [0.25, 0.3) is 89.1 Å². The summed E-state index contributed by atoms with van der Waals surface area (Å²) in [6.07, 6.45) is 0. The predicted molar refractivity (Wildman–Crippen MR) is 259 cm³/mol. The summed E-state index contributed by atoms with van der Waals surface area (Å²) in [7, 11) is 0. The minimum absolute atomic E-state index is 0.561. The average molecular weight is 816 g/mol. The molecule has 9 aromatic carbocycles. The van der Waals surface area contributed by atoms with Gasteiger partial charge in [-0.1, -0.05) is 182 Å². The molecule has 13 rings (SSSR count). The largest absolute Gasteiger partial charge is 0.457 e. The van der Waals surface area contributed by atoms with Crippen LogP contribution in [0.5, 0.6) is 11.5 Å². The van der Waals surface area contributed by atoms with Gasteiger partial charge in [-0.2, -0.15) is 0 Å². The van der Waals surface area contributed by atoms with Crippen LogP contribution in [0.15, 0.2) is 224 Å². The van der Waals surface area contributed by atoms with Crippen LogP contribution in [-0.4, -0.2) is 15.0 Å². The normalized spacial score (nSPS) is 12.9. The highest BCUT2D eigenvalue weighted by Crippen LogP contribution is 2.62. The van der Waals surface area contributed by atoms with Crippen molar-refractivity contribution in [3.8, 4) is 78.9 Å². The molecule has 0 amide bonds. The summed E-state index contributed by atoms with van der Waals surface area (Å²) >= 11 is 0. The number of ether oxygens (including phenoxy) is 1. The molecular formula is C60H37N3O. The molecule has 0 saturated heterocycles. The van der Waals surface area contributed by atoms with Crippen LogP contribution < -0.4 is 4.74 Å². The lowest BCUT2D eigenvalue weighted by Gasteiger charge is -2.39. The van der Waals surface area contributed by atoms with E-state index in [1.807, 2.05) is 36.4 Å². The van der Waals surface area contributed by atoms with Gasteiger partial charge in [-0.15, -0.1) is 0 Å². The van der Waals surface area contributed by atoms with E-state index in [1.165, 1.54) is 22.3 Å². The fourth-order valence-electron chi connectivity index (χ4n) is 10.3. The first-order valence-electron chi connectivity index (χ1n) is 21.8. The second-order valence-electron chi connectivity index (χ2n) is 16.7. The molecule has 1 aliphatic heterocycles. The van der Waals surface area contributed by atoms with Crippen molar-refractivity contribution in [2.45, 2.75) is 5.41 Å². The van der Waals surface area contributed by atoms with Gasteiger partial charge in [-0.25, -0.2) is 15.0 Å². The lowest BCUT2D eigenvalue weighted by molar-refractivity contribution is 0.437. The van der Waals surface area contributed by atoms with E-state index in [9.17, 15) is 0 Å². The molecule has 0 atom stereocenters. The standard InChI is InChI=1S/C60H37N3O/c1-3-17-38(18-4-1)54-37-55(63-59(62-54)39-19-5-2-6-20-39)42-23-15-21-40(33-42)41-22-16-24-43(34-41)58-48-36-57-52(35-47(48)46-27-9-13-31-53(46)61-58)60(51-30-12-14-32-56(51)64-57)49-28-10-7-25-44(49)45-26-8-11-29-50(45)60/h1-37H.